The number of nitrogens with zero attached hydrogens (tertiary/aromatic N) is 3. The van der Waals surface area contributed by atoms with Gasteiger partial charge in [-0.2, -0.15) is 5.10 Å². The van der Waals surface area contributed by atoms with E-state index in [4.69, 9.17) is 9.47 Å². The Kier molecular flexibility index (Phi) is 4.15. The van der Waals surface area contributed by atoms with E-state index >= 15 is 0 Å². The zero-order chi connectivity index (χ0) is 13.1. The summed E-state index contributed by atoms with van der Waals surface area (Å²) < 4.78 is 13.1. The SMILES string of the molecule is COC1CN(CC2CCOCC2)Cc2ccnn2C1. The Labute approximate surface area is 114 Å². The molecule has 3 rings (SSSR count). The van der Waals surface area contributed by atoms with Crippen molar-refractivity contribution in [3.05, 3.63) is 18.0 Å². The highest BCUT2D eigenvalue weighted by Crippen LogP contribution is 2.20. The summed E-state index contributed by atoms with van der Waals surface area (Å²) >= 11 is 0. The first-order valence-corrected chi connectivity index (χ1v) is 7.18. The Balaban J connectivity index is 1.67. The lowest BCUT2D eigenvalue weighted by Gasteiger charge is -2.29. The second-order valence-corrected chi connectivity index (χ2v) is 5.61. The fourth-order valence-electron chi connectivity index (χ4n) is 3.07. The van der Waals surface area contributed by atoms with Crippen LogP contribution >= 0.6 is 0 Å². The van der Waals surface area contributed by atoms with Crippen LogP contribution in [0.3, 0.4) is 0 Å². The summed E-state index contributed by atoms with van der Waals surface area (Å²) in [5.74, 6) is 0.765. The molecule has 0 bridgehead atoms. The van der Waals surface area contributed by atoms with Crippen LogP contribution in [0.5, 0.6) is 0 Å². The molecule has 3 heterocycles. The van der Waals surface area contributed by atoms with Crippen LogP contribution < -0.4 is 0 Å². The average Bonchev–Trinajstić information content (AvgIpc) is 2.79. The maximum atomic E-state index is 5.59. The van der Waals surface area contributed by atoms with Gasteiger partial charge in [-0.1, -0.05) is 0 Å². The van der Waals surface area contributed by atoms with Crippen molar-refractivity contribution in [3.8, 4) is 0 Å². The van der Waals surface area contributed by atoms with E-state index < -0.39 is 0 Å². The van der Waals surface area contributed by atoms with Gasteiger partial charge in [-0.25, -0.2) is 0 Å². The van der Waals surface area contributed by atoms with Gasteiger partial charge in [-0.3, -0.25) is 9.58 Å². The molecule has 106 valence electrons. The average molecular weight is 265 g/mol. The quantitative estimate of drug-likeness (QED) is 0.821. The number of ether oxygens (including phenoxy) is 2. The molecule has 1 saturated heterocycles. The van der Waals surface area contributed by atoms with E-state index in [9.17, 15) is 0 Å². The van der Waals surface area contributed by atoms with Crippen LogP contribution in [0.25, 0.3) is 0 Å². The van der Waals surface area contributed by atoms with Crippen molar-refractivity contribution in [2.75, 3.05) is 33.4 Å². The second kappa shape index (κ2) is 6.03. The van der Waals surface area contributed by atoms with E-state index in [1.807, 2.05) is 6.20 Å². The monoisotopic (exact) mass is 265 g/mol. The molecule has 1 atom stereocenters. The summed E-state index contributed by atoms with van der Waals surface area (Å²) in [6.07, 6.45) is 4.50. The first-order chi connectivity index (χ1) is 9.35. The van der Waals surface area contributed by atoms with Crippen LogP contribution in [0.2, 0.25) is 0 Å². The van der Waals surface area contributed by atoms with Crippen LogP contribution in [-0.2, 0) is 22.6 Å². The van der Waals surface area contributed by atoms with Crippen LogP contribution in [0.4, 0.5) is 0 Å². The minimum atomic E-state index is 0.237. The molecule has 1 unspecified atom stereocenters. The summed E-state index contributed by atoms with van der Waals surface area (Å²) in [5.41, 5.74) is 1.30. The summed E-state index contributed by atoms with van der Waals surface area (Å²) in [6.45, 7) is 5.83. The highest BCUT2D eigenvalue weighted by atomic mass is 16.5. The first kappa shape index (κ1) is 13.1. The van der Waals surface area contributed by atoms with Crippen molar-refractivity contribution in [3.63, 3.8) is 0 Å². The Bertz CT molecular complexity index is 401. The van der Waals surface area contributed by atoms with Crippen molar-refractivity contribution in [1.29, 1.82) is 0 Å². The van der Waals surface area contributed by atoms with Gasteiger partial charge in [0.2, 0.25) is 0 Å². The maximum absolute atomic E-state index is 5.59. The minimum Gasteiger partial charge on any atom is -0.381 e. The molecule has 1 fully saturated rings. The zero-order valence-electron chi connectivity index (χ0n) is 11.6. The van der Waals surface area contributed by atoms with E-state index in [2.05, 4.69) is 20.7 Å². The fourth-order valence-corrected chi connectivity index (χ4v) is 3.07. The van der Waals surface area contributed by atoms with E-state index in [0.717, 1.165) is 45.3 Å². The van der Waals surface area contributed by atoms with E-state index in [1.165, 1.54) is 18.5 Å². The molecule has 0 N–H and O–H groups in total. The highest BCUT2D eigenvalue weighted by molar-refractivity contribution is 5.02. The number of methoxy groups -OCH3 is 1. The number of rotatable bonds is 3. The van der Waals surface area contributed by atoms with Crippen molar-refractivity contribution in [2.24, 2.45) is 5.92 Å². The van der Waals surface area contributed by atoms with E-state index in [-0.39, 0.29) is 6.10 Å². The normalized spacial score (nSPS) is 26.1. The smallest absolute Gasteiger partial charge is 0.0893 e. The van der Waals surface area contributed by atoms with Gasteiger partial charge in [-0.15, -0.1) is 0 Å². The molecule has 2 aliphatic heterocycles. The Morgan fingerprint density at radius 2 is 2.21 bits per heavy atom. The third-order valence-electron chi connectivity index (χ3n) is 4.22. The number of hydrogen-bond acceptors (Lipinski definition) is 4. The van der Waals surface area contributed by atoms with Gasteiger partial charge < -0.3 is 9.47 Å². The molecule has 5 heteroatoms. The molecule has 0 spiro atoms. The van der Waals surface area contributed by atoms with Gasteiger partial charge in [0.25, 0.3) is 0 Å². The lowest BCUT2D eigenvalue weighted by Crippen LogP contribution is -2.37. The molecule has 19 heavy (non-hydrogen) atoms. The minimum absolute atomic E-state index is 0.237. The van der Waals surface area contributed by atoms with Crippen molar-refractivity contribution in [1.82, 2.24) is 14.7 Å². The molecule has 0 saturated carbocycles. The van der Waals surface area contributed by atoms with Crippen LogP contribution in [-0.4, -0.2) is 54.2 Å². The number of aromatic nitrogens is 2. The maximum Gasteiger partial charge on any atom is 0.0893 e. The third-order valence-corrected chi connectivity index (χ3v) is 4.22. The van der Waals surface area contributed by atoms with E-state index in [0.29, 0.717) is 0 Å². The van der Waals surface area contributed by atoms with Gasteiger partial charge in [0.1, 0.15) is 0 Å². The highest BCUT2D eigenvalue weighted by Gasteiger charge is 2.24. The largest absolute Gasteiger partial charge is 0.381 e. The van der Waals surface area contributed by atoms with Crippen LogP contribution in [0, 0.1) is 5.92 Å². The summed E-state index contributed by atoms with van der Waals surface area (Å²) in [7, 11) is 1.80. The Hall–Kier alpha value is -0.910. The molecule has 0 aliphatic carbocycles. The fraction of sp³-hybridized carbons (Fsp3) is 0.786. The van der Waals surface area contributed by atoms with Gasteiger partial charge in [0.05, 0.1) is 18.3 Å². The molecule has 1 aromatic rings. The molecular weight excluding hydrogens is 242 g/mol. The molecular formula is C14H23N3O2. The topological polar surface area (TPSA) is 39.5 Å². The van der Waals surface area contributed by atoms with Crippen LogP contribution in [0.15, 0.2) is 12.3 Å². The molecule has 0 amide bonds. The van der Waals surface area contributed by atoms with Crippen molar-refractivity contribution in [2.45, 2.75) is 32.0 Å². The standard InChI is InChI=1S/C14H23N3O2/c1-18-14-10-16(8-12-3-6-19-7-4-12)9-13-2-5-15-17(13)11-14/h2,5,12,14H,3-4,6-11H2,1H3. The summed E-state index contributed by atoms with van der Waals surface area (Å²) in [4.78, 5) is 2.52. The predicted octanol–water partition coefficient (Wildman–Crippen LogP) is 1.14. The number of hydrogen-bond donors (Lipinski definition) is 0. The Morgan fingerprint density at radius 1 is 1.37 bits per heavy atom. The van der Waals surface area contributed by atoms with Gasteiger partial charge in [0, 0.05) is 46.2 Å². The van der Waals surface area contributed by atoms with Gasteiger partial charge >= 0.3 is 0 Å². The lowest BCUT2D eigenvalue weighted by molar-refractivity contribution is 0.0291. The third kappa shape index (κ3) is 3.16. The first-order valence-electron chi connectivity index (χ1n) is 7.18. The molecule has 5 nitrogen and oxygen atoms in total. The second-order valence-electron chi connectivity index (χ2n) is 5.61. The van der Waals surface area contributed by atoms with Gasteiger partial charge in [0.15, 0.2) is 0 Å². The van der Waals surface area contributed by atoms with Crippen LogP contribution in [0.1, 0.15) is 18.5 Å². The predicted molar refractivity (Wildman–Crippen MR) is 71.8 cm³/mol. The van der Waals surface area contributed by atoms with Gasteiger partial charge in [-0.05, 0) is 24.8 Å². The molecule has 2 aliphatic rings. The molecule has 0 aromatic carbocycles. The summed E-state index contributed by atoms with van der Waals surface area (Å²) in [6, 6.07) is 2.12. The van der Waals surface area contributed by atoms with Crippen molar-refractivity contribution < 1.29 is 9.47 Å². The summed E-state index contributed by atoms with van der Waals surface area (Å²) in [5, 5.41) is 4.39. The molecule has 1 aromatic heterocycles. The van der Waals surface area contributed by atoms with E-state index in [1.54, 1.807) is 7.11 Å². The zero-order valence-corrected chi connectivity index (χ0v) is 11.6. The Morgan fingerprint density at radius 3 is 3.00 bits per heavy atom. The number of fused-ring (bicyclic) bond motifs is 1. The molecule has 0 radical (unpaired) electrons. The lowest BCUT2D eigenvalue weighted by atomic mass is 9.99. The van der Waals surface area contributed by atoms with Crippen molar-refractivity contribution >= 4 is 0 Å².